The summed E-state index contributed by atoms with van der Waals surface area (Å²) in [6.07, 6.45) is 1.30. The molecule has 2 amide bonds. The molecule has 3 N–H and O–H groups in total. The number of nitrogens with zero attached hydrogens (tertiary/aromatic N) is 1. The van der Waals surface area contributed by atoms with Crippen molar-refractivity contribution in [1.29, 1.82) is 0 Å². The summed E-state index contributed by atoms with van der Waals surface area (Å²) in [4.78, 5) is 23.7. The highest BCUT2D eigenvalue weighted by atomic mass is 79.9. The first-order valence-corrected chi connectivity index (χ1v) is 8.52. The number of benzene rings is 2. The first kappa shape index (κ1) is 19.5. The van der Waals surface area contributed by atoms with Gasteiger partial charge in [-0.15, -0.1) is 0 Å². The average Bonchev–Trinajstić information content (AvgIpc) is 2.63. The Hall–Kier alpha value is -2.87. The minimum absolute atomic E-state index is 0.00152. The molecule has 0 bridgehead atoms. The quantitative estimate of drug-likeness (QED) is 0.474. The van der Waals surface area contributed by atoms with Crippen LogP contribution in [0.5, 0.6) is 11.5 Å². The Morgan fingerprint density at radius 3 is 2.69 bits per heavy atom. The number of halogens is 1. The third kappa shape index (κ3) is 5.89. The lowest BCUT2D eigenvalue weighted by molar-refractivity contribution is -0.124. The number of carbonyl (C=O) groups excluding carboxylic acids is 2. The number of phenols is 1. The maximum atomic E-state index is 11.9. The third-order valence-electron chi connectivity index (χ3n) is 3.34. The number of aromatic hydroxyl groups is 1. The van der Waals surface area contributed by atoms with E-state index in [-0.39, 0.29) is 24.5 Å². The van der Waals surface area contributed by atoms with Gasteiger partial charge in [0.05, 0.1) is 19.0 Å². The molecule has 0 saturated heterocycles. The van der Waals surface area contributed by atoms with Crippen molar-refractivity contribution in [1.82, 2.24) is 5.43 Å². The summed E-state index contributed by atoms with van der Waals surface area (Å²) in [5.74, 6) is -0.129. The van der Waals surface area contributed by atoms with Crippen LogP contribution in [0.4, 0.5) is 5.69 Å². The van der Waals surface area contributed by atoms with E-state index in [1.165, 1.54) is 19.4 Å². The van der Waals surface area contributed by atoms with Gasteiger partial charge in [-0.1, -0.05) is 28.1 Å². The predicted molar refractivity (Wildman–Crippen MR) is 102 cm³/mol. The molecule has 0 atom stereocenters. The zero-order valence-corrected chi connectivity index (χ0v) is 15.6. The Balaban J connectivity index is 1.80. The lowest BCUT2D eigenvalue weighted by atomic mass is 10.2. The van der Waals surface area contributed by atoms with E-state index < -0.39 is 5.91 Å². The second-order valence-electron chi connectivity index (χ2n) is 5.24. The largest absolute Gasteiger partial charge is 0.507 e. The molecule has 0 fully saturated rings. The summed E-state index contributed by atoms with van der Waals surface area (Å²) in [6, 6.07) is 11.9. The van der Waals surface area contributed by atoms with Crippen LogP contribution in [0.15, 0.2) is 52.0 Å². The number of hydrazone groups is 1. The number of carbonyl (C=O) groups is 2. The van der Waals surface area contributed by atoms with Crippen LogP contribution >= 0.6 is 15.9 Å². The topological polar surface area (TPSA) is 100 Å². The Morgan fingerprint density at radius 1 is 1.19 bits per heavy atom. The molecule has 0 aliphatic carbocycles. The summed E-state index contributed by atoms with van der Waals surface area (Å²) >= 11 is 3.28. The first-order chi connectivity index (χ1) is 12.5. The smallest absolute Gasteiger partial charge is 0.240 e. The summed E-state index contributed by atoms with van der Waals surface area (Å²) in [6.45, 7) is 0. The zero-order chi connectivity index (χ0) is 18.9. The number of methoxy groups -OCH3 is 1. The van der Waals surface area contributed by atoms with Gasteiger partial charge in [-0.2, -0.15) is 5.10 Å². The van der Waals surface area contributed by atoms with E-state index in [9.17, 15) is 14.7 Å². The molecule has 0 heterocycles. The maximum Gasteiger partial charge on any atom is 0.240 e. The zero-order valence-electron chi connectivity index (χ0n) is 14.0. The van der Waals surface area contributed by atoms with Gasteiger partial charge in [0, 0.05) is 22.9 Å². The highest BCUT2D eigenvalue weighted by molar-refractivity contribution is 9.10. The monoisotopic (exact) mass is 419 g/mol. The van der Waals surface area contributed by atoms with E-state index in [0.29, 0.717) is 17.0 Å². The van der Waals surface area contributed by atoms with Gasteiger partial charge in [0.2, 0.25) is 11.8 Å². The van der Waals surface area contributed by atoms with E-state index in [4.69, 9.17) is 4.74 Å². The van der Waals surface area contributed by atoms with Gasteiger partial charge in [0.1, 0.15) is 11.5 Å². The van der Waals surface area contributed by atoms with Gasteiger partial charge in [0.15, 0.2) is 0 Å². The summed E-state index contributed by atoms with van der Waals surface area (Å²) in [5.41, 5.74) is 3.32. The van der Waals surface area contributed by atoms with Crippen LogP contribution in [-0.2, 0) is 9.59 Å². The van der Waals surface area contributed by atoms with Crippen molar-refractivity contribution in [2.24, 2.45) is 5.10 Å². The van der Waals surface area contributed by atoms with Crippen molar-refractivity contribution in [2.45, 2.75) is 12.8 Å². The molecule has 2 rings (SSSR count). The van der Waals surface area contributed by atoms with Crippen LogP contribution in [0.1, 0.15) is 18.4 Å². The molecule has 0 aliphatic heterocycles. The molecule has 0 aromatic heterocycles. The van der Waals surface area contributed by atoms with Gasteiger partial charge in [-0.05, 0) is 30.3 Å². The number of rotatable bonds is 7. The standard InChI is InChI=1S/C18H18BrN3O4/c1-26-16-5-3-2-4-14(16)21-17(24)8-9-18(25)22-20-11-12-10-13(19)6-7-15(12)23/h2-7,10-11,23H,8-9H2,1H3,(H,21,24)(H,22,25)/b20-11+. The molecule has 26 heavy (non-hydrogen) atoms. The summed E-state index contributed by atoms with van der Waals surface area (Å²) in [5, 5.41) is 16.1. The number of anilines is 1. The van der Waals surface area contributed by atoms with E-state index in [1.54, 1.807) is 36.4 Å². The molecule has 0 aliphatic rings. The second-order valence-corrected chi connectivity index (χ2v) is 6.16. The molecule has 2 aromatic carbocycles. The molecule has 8 heteroatoms. The van der Waals surface area contributed by atoms with Gasteiger partial charge in [0.25, 0.3) is 0 Å². The first-order valence-electron chi connectivity index (χ1n) is 7.73. The minimum Gasteiger partial charge on any atom is -0.507 e. The van der Waals surface area contributed by atoms with Crippen molar-refractivity contribution in [3.05, 3.63) is 52.5 Å². The van der Waals surface area contributed by atoms with Crippen LogP contribution in [0.2, 0.25) is 0 Å². The Bertz CT molecular complexity index is 824. The maximum absolute atomic E-state index is 11.9. The molecule has 0 radical (unpaired) electrons. The average molecular weight is 420 g/mol. The van der Waals surface area contributed by atoms with Gasteiger partial charge >= 0.3 is 0 Å². The lowest BCUT2D eigenvalue weighted by Crippen LogP contribution is -2.20. The van der Waals surface area contributed by atoms with Crippen molar-refractivity contribution in [2.75, 3.05) is 12.4 Å². The van der Waals surface area contributed by atoms with E-state index in [2.05, 4.69) is 31.8 Å². The van der Waals surface area contributed by atoms with Crippen LogP contribution in [0, 0.1) is 0 Å². The molecule has 136 valence electrons. The van der Waals surface area contributed by atoms with Gasteiger partial charge < -0.3 is 15.2 Å². The molecule has 0 unspecified atom stereocenters. The summed E-state index contributed by atoms with van der Waals surface area (Å²) < 4.78 is 5.92. The number of para-hydroxylation sites is 2. The van der Waals surface area contributed by atoms with E-state index in [1.807, 2.05) is 0 Å². The normalized spacial score (nSPS) is 10.5. The van der Waals surface area contributed by atoms with Crippen LogP contribution in [-0.4, -0.2) is 30.2 Å². The lowest BCUT2D eigenvalue weighted by Gasteiger charge is -2.09. The second kappa shape index (κ2) is 9.57. The minimum atomic E-state index is -0.411. The number of hydrogen-bond donors (Lipinski definition) is 3. The highest BCUT2D eigenvalue weighted by Crippen LogP contribution is 2.23. The third-order valence-corrected chi connectivity index (χ3v) is 3.84. The van der Waals surface area contributed by atoms with E-state index >= 15 is 0 Å². The number of nitrogens with one attached hydrogen (secondary N) is 2. The number of hydrogen-bond acceptors (Lipinski definition) is 5. The fraction of sp³-hybridized carbons (Fsp3) is 0.167. The number of amides is 2. The van der Waals surface area contributed by atoms with Crippen molar-refractivity contribution in [3.63, 3.8) is 0 Å². The molecule has 0 saturated carbocycles. The van der Waals surface area contributed by atoms with Crippen molar-refractivity contribution >= 4 is 39.6 Å². The predicted octanol–water partition coefficient (Wildman–Crippen LogP) is 3.03. The van der Waals surface area contributed by atoms with E-state index in [0.717, 1.165) is 4.47 Å². The molecule has 2 aromatic rings. The van der Waals surface area contributed by atoms with Crippen LogP contribution in [0.25, 0.3) is 0 Å². The Morgan fingerprint density at radius 2 is 1.92 bits per heavy atom. The molecular formula is C18H18BrN3O4. The fourth-order valence-electron chi connectivity index (χ4n) is 2.05. The number of phenolic OH excluding ortho intramolecular Hbond substituents is 1. The SMILES string of the molecule is COc1ccccc1NC(=O)CCC(=O)N/N=C/c1cc(Br)ccc1O. The van der Waals surface area contributed by atoms with Gasteiger partial charge in [-0.3, -0.25) is 9.59 Å². The molecule has 7 nitrogen and oxygen atoms in total. The van der Waals surface area contributed by atoms with Crippen LogP contribution < -0.4 is 15.5 Å². The van der Waals surface area contributed by atoms with Crippen molar-refractivity contribution in [3.8, 4) is 11.5 Å². The fourth-order valence-corrected chi connectivity index (χ4v) is 2.42. The highest BCUT2D eigenvalue weighted by Gasteiger charge is 2.09. The van der Waals surface area contributed by atoms with Gasteiger partial charge in [-0.25, -0.2) is 5.43 Å². The Labute approximate surface area is 159 Å². The molecule has 0 spiro atoms. The summed E-state index contributed by atoms with van der Waals surface area (Å²) in [7, 11) is 1.51. The molecular weight excluding hydrogens is 402 g/mol. The Kier molecular flexibility index (Phi) is 7.16. The number of ether oxygens (including phenoxy) is 1. The van der Waals surface area contributed by atoms with Crippen LogP contribution in [0.3, 0.4) is 0 Å². The van der Waals surface area contributed by atoms with Crippen molar-refractivity contribution < 1.29 is 19.4 Å².